The Kier molecular flexibility index (Phi) is 5.46. The van der Waals surface area contributed by atoms with Gasteiger partial charge in [-0.2, -0.15) is 0 Å². The van der Waals surface area contributed by atoms with Crippen LogP contribution in [0.25, 0.3) is 10.9 Å². The molecule has 0 radical (unpaired) electrons. The lowest BCUT2D eigenvalue weighted by Gasteiger charge is -2.28. The first-order chi connectivity index (χ1) is 15.7. The molecule has 0 unspecified atom stereocenters. The summed E-state index contributed by atoms with van der Waals surface area (Å²) in [6.45, 7) is 3.25. The SMILES string of the molecule is CCN(Cc1nc2ccccc2c(=O)[nH]1)C(=O)[C@H](C)N1C(=O)c2cccc([N+](=O)[O-])c2C1=O. The second-order valence-electron chi connectivity index (χ2n) is 7.50. The van der Waals surface area contributed by atoms with Crippen molar-refractivity contribution in [3.05, 3.63) is 79.9 Å². The number of hydrogen-bond acceptors (Lipinski definition) is 7. The van der Waals surface area contributed by atoms with Crippen LogP contribution in [0.5, 0.6) is 0 Å². The fraction of sp³-hybridized carbons (Fsp3) is 0.227. The first-order valence-corrected chi connectivity index (χ1v) is 10.2. The van der Waals surface area contributed by atoms with Gasteiger partial charge in [0.2, 0.25) is 5.91 Å². The van der Waals surface area contributed by atoms with Gasteiger partial charge < -0.3 is 9.88 Å². The van der Waals surface area contributed by atoms with Crippen molar-refractivity contribution in [1.29, 1.82) is 0 Å². The van der Waals surface area contributed by atoms with Gasteiger partial charge in [-0.15, -0.1) is 0 Å². The minimum Gasteiger partial charge on any atom is -0.334 e. The average molecular weight is 449 g/mol. The van der Waals surface area contributed by atoms with Gasteiger partial charge in [-0.3, -0.25) is 34.2 Å². The normalized spacial score (nSPS) is 13.8. The summed E-state index contributed by atoms with van der Waals surface area (Å²) >= 11 is 0. The summed E-state index contributed by atoms with van der Waals surface area (Å²) < 4.78 is 0. The number of nitrogens with one attached hydrogen (secondary N) is 1. The van der Waals surface area contributed by atoms with Gasteiger partial charge in [0.05, 0.1) is 27.9 Å². The van der Waals surface area contributed by atoms with Crippen molar-refractivity contribution in [2.75, 3.05) is 6.54 Å². The van der Waals surface area contributed by atoms with Crippen LogP contribution >= 0.6 is 0 Å². The monoisotopic (exact) mass is 449 g/mol. The number of para-hydroxylation sites is 1. The number of nitro benzene ring substituents is 1. The van der Waals surface area contributed by atoms with E-state index in [-0.39, 0.29) is 35.6 Å². The van der Waals surface area contributed by atoms with E-state index < -0.39 is 34.4 Å². The molecule has 0 spiro atoms. The molecular weight excluding hydrogens is 430 g/mol. The molecule has 0 bridgehead atoms. The largest absolute Gasteiger partial charge is 0.334 e. The molecular formula is C22H19N5O6. The van der Waals surface area contributed by atoms with Gasteiger partial charge in [0.1, 0.15) is 17.4 Å². The predicted molar refractivity (Wildman–Crippen MR) is 117 cm³/mol. The van der Waals surface area contributed by atoms with Crippen LogP contribution in [-0.4, -0.2) is 55.0 Å². The van der Waals surface area contributed by atoms with Crippen LogP contribution in [0.15, 0.2) is 47.3 Å². The molecule has 11 nitrogen and oxygen atoms in total. The Morgan fingerprint density at radius 2 is 1.88 bits per heavy atom. The first-order valence-electron chi connectivity index (χ1n) is 10.2. The Morgan fingerprint density at radius 3 is 2.58 bits per heavy atom. The Balaban J connectivity index is 1.61. The fourth-order valence-electron chi connectivity index (χ4n) is 3.90. The molecule has 0 aliphatic carbocycles. The molecule has 0 fully saturated rings. The lowest BCUT2D eigenvalue weighted by atomic mass is 10.1. The number of aromatic amines is 1. The van der Waals surface area contributed by atoms with Crippen molar-refractivity contribution in [1.82, 2.24) is 19.8 Å². The average Bonchev–Trinajstić information content (AvgIpc) is 3.06. The Bertz CT molecular complexity index is 1380. The van der Waals surface area contributed by atoms with Gasteiger partial charge in [-0.25, -0.2) is 4.98 Å². The maximum absolute atomic E-state index is 13.2. The summed E-state index contributed by atoms with van der Waals surface area (Å²) in [6.07, 6.45) is 0. The lowest BCUT2D eigenvalue weighted by Crippen LogP contribution is -2.49. The second-order valence-corrected chi connectivity index (χ2v) is 7.50. The topological polar surface area (TPSA) is 147 Å². The molecule has 2 heterocycles. The summed E-state index contributed by atoms with van der Waals surface area (Å²) in [4.78, 5) is 71.0. The molecule has 1 aliphatic heterocycles. The number of nitro groups is 1. The summed E-state index contributed by atoms with van der Waals surface area (Å²) in [5.41, 5.74) is -0.799. The third-order valence-corrected chi connectivity index (χ3v) is 5.56. The highest BCUT2D eigenvalue weighted by Gasteiger charge is 2.45. The van der Waals surface area contributed by atoms with Crippen molar-refractivity contribution >= 4 is 34.3 Å². The van der Waals surface area contributed by atoms with E-state index in [1.54, 1.807) is 31.2 Å². The van der Waals surface area contributed by atoms with Gasteiger partial charge in [-0.05, 0) is 32.0 Å². The number of fused-ring (bicyclic) bond motifs is 2. The van der Waals surface area contributed by atoms with E-state index in [0.717, 1.165) is 11.0 Å². The van der Waals surface area contributed by atoms with Crippen molar-refractivity contribution in [3.63, 3.8) is 0 Å². The number of imide groups is 1. The van der Waals surface area contributed by atoms with E-state index >= 15 is 0 Å². The zero-order valence-corrected chi connectivity index (χ0v) is 17.8. The highest BCUT2D eigenvalue weighted by atomic mass is 16.6. The number of nitrogens with zero attached hydrogens (tertiary/aromatic N) is 4. The quantitative estimate of drug-likeness (QED) is 0.343. The van der Waals surface area contributed by atoms with Crippen molar-refractivity contribution in [2.24, 2.45) is 0 Å². The molecule has 33 heavy (non-hydrogen) atoms. The lowest BCUT2D eigenvalue weighted by molar-refractivity contribution is -0.385. The Labute approximate surface area is 186 Å². The molecule has 3 amide bonds. The maximum Gasteiger partial charge on any atom is 0.282 e. The molecule has 11 heteroatoms. The van der Waals surface area contributed by atoms with Crippen molar-refractivity contribution in [3.8, 4) is 0 Å². The van der Waals surface area contributed by atoms with Crippen molar-refractivity contribution in [2.45, 2.75) is 26.4 Å². The molecule has 4 rings (SSSR count). The van der Waals surface area contributed by atoms with E-state index in [2.05, 4.69) is 9.97 Å². The third kappa shape index (κ3) is 3.63. The van der Waals surface area contributed by atoms with E-state index in [9.17, 15) is 29.3 Å². The summed E-state index contributed by atoms with van der Waals surface area (Å²) in [6, 6.07) is 9.33. The van der Waals surface area contributed by atoms with Crippen LogP contribution in [0.4, 0.5) is 5.69 Å². The number of carbonyl (C=O) groups is 3. The molecule has 1 aliphatic rings. The minimum absolute atomic E-state index is 0.0525. The summed E-state index contributed by atoms with van der Waals surface area (Å²) in [5.74, 6) is -1.98. The van der Waals surface area contributed by atoms with Crippen LogP contribution in [0.3, 0.4) is 0 Å². The van der Waals surface area contributed by atoms with E-state index in [4.69, 9.17) is 0 Å². The standard InChI is InChI=1S/C22H19N5O6/c1-3-25(11-17-23-15-9-5-4-7-13(15)19(28)24-17)20(29)12(2)26-21(30)14-8-6-10-16(27(32)33)18(14)22(26)31/h4-10,12H,3,11H2,1-2H3,(H,23,24,28)/t12-/m0/s1. The molecule has 3 aromatic rings. The third-order valence-electron chi connectivity index (χ3n) is 5.56. The van der Waals surface area contributed by atoms with E-state index in [1.807, 2.05) is 0 Å². The van der Waals surface area contributed by atoms with E-state index in [1.165, 1.54) is 24.0 Å². The Hall–Kier alpha value is -4.41. The van der Waals surface area contributed by atoms with Gasteiger partial charge in [0, 0.05) is 12.6 Å². The molecule has 1 N–H and O–H groups in total. The molecule has 1 aromatic heterocycles. The highest BCUT2D eigenvalue weighted by Crippen LogP contribution is 2.32. The number of rotatable bonds is 6. The number of aromatic nitrogens is 2. The van der Waals surface area contributed by atoms with Crippen LogP contribution in [-0.2, 0) is 11.3 Å². The molecule has 2 aromatic carbocycles. The van der Waals surface area contributed by atoms with Gasteiger partial charge in [0.15, 0.2) is 0 Å². The summed E-state index contributed by atoms with van der Waals surface area (Å²) in [7, 11) is 0. The Morgan fingerprint density at radius 1 is 1.15 bits per heavy atom. The van der Waals surface area contributed by atoms with Crippen LogP contribution in [0.2, 0.25) is 0 Å². The van der Waals surface area contributed by atoms with Gasteiger partial charge in [-0.1, -0.05) is 18.2 Å². The van der Waals surface area contributed by atoms with Crippen LogP contribution < -0.4 is 5.56 Å². The van der Waals surface area contributed by atoms with Gasteiger partial charge >= 0.3 is 0 Å². The number of hydrogen-bond donors (Lipinski definition) is 1. The molecule has 1 atom stereocenters. The summed E-state index contributed by atoms with van der Waals surface area (Å²) in [5, 5.41) is 11.7. The number of amides is 3. The maximum atomic E-state index is 13.2. The van der Waals surface area contributed by atoms with Crippen LogP contribution in [0.1, 0.15) is 40.4 Å². The van der Waals surface area contributed by atoms with E-state index in [0.29, 0.717) is 10.9 Å². The number of H-pyrrole nitrogens is 1. The highest BCUT2D eigenvalue weighted by molar-refractivity contribution is 6.24. The number of likely N-dealkylation sites (N-methyl/N-ethyl adjacent to an activating group) is 1. The predicted octanol–water partition coefficient (Wildman–Crippen LogP) is 1.86. The smallest absolute Gasteiger partial charge is 0.282 e. The van der Waals surface area contributed by atoms with Crippen molar-refractivity contribution < 1.29 is 19.3 Å². The first kappa shape index (κ1) is 21.8. The van der Waals surface area contributed by atoms with Crippen LogP contribution in [0, 0.1) is 10.1 Å². The minimum atomic E-state index is -1.22. The molecule has 168 valence electrons. The molecule has 0 saturated carbocycles. The number of carbonyl (C=O) groups excluding carboxylic acids is 3. The number of benzene rings is 2. The second kappa shape index (κ2) is 8.26. The zero-order chi connectivity index (χ0) is 23.9. The molecule has 0 saturated heterocycles. The zero-order valence-electron chi connectivity index (χ0n) is 17.8. The van der Waals surface area contributed by atoms with Gasteiger partial charge in [0.25, 0.3) is 23.1 Å². The fourth-order valence-corrected chi connectivity index (χ4v) is 3.90.